The predicted molar refractivity (Wildman–Crippen MR) is 155 cm³/mol. The van der Waals surface area contributed by atoms with Crippen molar-refractivity contribution in [3.8, 4) is 11.1 Å². The average molecular weight is 565 g/mol. The molecule has 2 unspecified atom stereocenters. The van der Waals surface area contributed by atoms with Gasteiger partial charge in [0.25, 0.3) is 5.91 Å². The van der Waals surface area contributed by atoms with Crippen molar-refractivity contribution in [1.29, 1.82) is 0 Å². The Morgan fingerprint density at radius 2 is 1.43 bits per heavy atom. The number of aromatic nitrogens is 3. The van der Waals surface area contributed by atoms with Gasteiger partial charge in [-0.1, -0.05) is 71.9 Å². The van der Waals surface area contributed by atoms with E-state index in [9.17, 15) is 24.6 Å². The fourth-order valence-corrected chi connectivity index (χ4v) is 4.74. The summed E-state index contributed by atoms with van der Waals surface area (Å²) < 4.78 is 1.65. The first-order valence-electron chi connectivity index (χ1n) is 13.3. The minimum absolute atomic E-state index is 0.166. The molecule has 0 aliphatic carbocycles. The number of hydrogen-bond donors (Lipinski definition) is 4. The van der Waals surface area contributed by atoms with Crippen LogP contribution in [0.5, 0.6) is 0 Å². The Hall–Kier alpha value is -5.35. The van der Waals surface area contributed by atoms with Gasteiger partial charge >= 0.3 is 11.9 Å². The number of carboxylic acid groups (broad SMARTS) is 2. The molecule has 1 amide bonds. The summed E-state index contributed by atoms with van der Waals surface area (Å²) in [5.74, 6) is -2.79. The third kappa shape index (κ3) is 6.68. The normalized spacial score (nSPS) is 12.5. The summed E-state index contributed by atoms with van der Waals surface area (Å²) in [6.45, 7) is 0.361. The lowest BCUT2D eigenvalue weighted by molar-refractivity contribution is -0.147. The van der Waals surface area contributed by atoms with Gasteiger partial charge in [0, 0.05) is 18.0 Å². The molecular formula is C32H28N4O6. The number of nitrogens with zero attached hydrogens (tertiary/aromatic N) is 3. The molecule has 10 heteroatoms. The van der Waals surface area contributed by atoms with Gasteiger partial charge in [-0.25, -0.2) is 14.3 Å². The first-order chi connectivity index (χ1) is 20.3. The molecule has 212 valence electrons. The van der Waals surface area contributed by atoms with Crippen molar-refractivity contribution >= 4 is 28.9 Å². The van der Waals surface area contributed by atoms with E-state index < -0.39 is 30.0 Å². The number of aliphatic hydroxyl groups is 1. The van der Waals surface area contributed by atoms with Gasteiger partial charge in [0.15, 0.2) is 6.10 Å². The lowest BCUT2D eigenvalue weighted by atomic mass is 9.97. The highest BCUT2D eigenvalue weighted by Gasteiger charge is 2.23. The molecule has 0 saturated carbocycles. The number of carboxylic acids is 2. The molecule has 5 rings (SSSR count). The molecule has 4 aromatic carbocycles. The Kier molecular flexibility index (Phi) is 8.35. The van der Waals surface area contributed by atoms with E-state index in [0.717, 1.165) is 22.3 Å². The highest BCUT2D eigenvalue weighted by atomic mass is 16.4. The van der Waals surface area contributed by atoms with Gasteiger partial charge in [-0.05, 0) is 59.0 Å². The molecule has 0 aliphatic rings. The van der Waals surface area contributed by atoms with Crippen LogP contribution in [0.3, 0.4) is 0 Å². The van der Waals surface area contributed by atoms with E-state index in [-0.39, 0.29) is 12.0 Å². The number of carbonyl (C=O) groups is 3. The summed E-state index contributed by atoms with van der Waals surface area (Å²) in [6.07, 6.45) is -1.48. The van der Waals surface area contributed by atoms with Gasteiger partial charge < -0.3 is 20.6 Å². The zero-order valence-electron chi connectivity index (χ0n) is 22.4. The summed E-state index contributed by atoms with van der Waals surface area (Å²) in [4.78, 5) is 35.7. The molecule has 0 radical (unpaired) electrons. The molecule has 42 heavy (non-hydrogen) atoms. The van der Waals surface area contributed by atoms with Crippen LogP contribution in [-0.4, -0.2) is 60.3 Å². The van der Waals surface area contributed by atoms with Crippen molar-refractivity contribution < 1.29 is 29.7 Å². The van der Waals surface area contributed by atoms with E-state index in [1.807, 2.05) is 54.6 Å². The Labute approximate surface area is 240 Å². The van der Waals surface area contributed by atoms with E-state index >= 15 is 0 Å². The van der Waals surface area contributed by atoms with Gasteiger partial charge in [0.2, 0.25) is 0 Å². The summed E-state index contributed by atoms with van der Waals surface area (Å²) >= 11 is 0. The number of benzene rings is 4. The smallest absolute Gasteiger partial charge is 0.335 e. The second-order valence-corrected chi connectivity index (χ2v) is 9.98. The largest absolute Gasteiger partial charge is 0.479 e. The highest BCUT2D eigenvalue weighted by Crippen LogP contribution is 2.21. The SMILES string of the molecule is O=C(O)c1ccc(Cn2nnc3cc(C(=O)NC(Cc4ccc(-c5ccccc5)cc4)CC(O)C(=O)O)ccc32)cc1. The van der Waals surface area contributed by atoms with E-state index in [4.69, 9.17) is 5.11 Å². The third-order valence-corrected chi connectivity index (χ3v) is 6.98. The number of nitrogens with one attached hydrogen (secondary N) is 1. The van der Waals surface area contributed by atoms with Crippen molar-refractivity contribution in [3.05, 3.63) is 119 Å². The number of rotatable bonds is 11. The Morgan fingerprint density at radius 3 is 2.10 bits per heavy atom. The maximum absolute atomic E-state index is 13.2. The number of aliphatic carboxylic acids is 1. The maximum atomic E-state index is 13.2. The molecule has 0 bridgehead atoms. The molecule has 2 atom stereocenters. The zero-order valence-corrected chi connectivity index (χ0v) is 22.4. The molecule has 0 fully saturated rings. The fourth-order valence-electron chi connectivity index (χ4n) is 4.74. The summed E-state index contributed by atoms with van der Waals surface area (Å²) in [6, 6.07) is 28.4. The van der Waals surface area contributed by atoms with Gasteiger partial charge in [-0.15, -0.1) is 5.10 Å². The summed E-state index contributed by atoms with van der Waals surface area (Å²) in [7, 11) is 0. The minimum atomic E-state index is -1.63. The van der Waals surface area contributed by atoms with Crippen LogP contribution in [0.4, 0.5) is 0 Å². The molecule has 10 nitrogen and oxygen atoms in total. The van der Waals surface area contributed by atoms with Crippen molar-refractivity contribution in [1.82, 2.24) is 20.3 Å². The van der Waals surface area contributed by atoms with Crippen LogP contribution in [0, 0.1) is 0 Å². The van der Waals surface area contributed by atoms with Crippen molar-refractivity contribution in [2.75, 3.05) is 0 Å². The fraction of sp³-hybridized carbons (Fsp3) is 0.156. The van der Waals surface area contributed by atoms with Crippen LogP contribution >= 0.6 is 0 Å². The standard InChI is InChI=1S/C32H28N4O6/c37-29(32(41)42)18-26(16-20-6-10-23(11-7-20)22-4-2-1-3-5-22)33-30(38)25-14-15-28-27(17-25)34-35-36(28)19-21-8-12-24(13-9-21)31(39)40/h1-15,17,26,29,37H,16,18-19H2,(H,33,38)(H,39,40)(H,41,42). The Balaban J connectivity index is 1.30. The second kappa shape index (κ2) is 12.4. The van der Waals surface area contributed by atoms with E-state index in [2.05, 4.69) is 15.6 Å². The molecule has 1 heterocycles. The van der Waals surface area contributed by atoms with Crippen molar-refractivity contribution in [2.24, 2.45) is 0 Å². The van der Waals surface area contributed by atoms with E-state index in [1.54, 1.807) is 35.0 Å². The van der Waals surface area contributed by atoms with Crippen LogP contribution in [0.1, 0.15) is 38.3 Å². The summed E-state index contributed by atoms with van der Waals surface area (Å²) in [5, 5.41) is 39.6. The lowest BCUT2D eigenvalue weighted by Crippen LogP contribution is -2.40. The third-order valence-electron chi connectivity index (χ3n) is 6.98. The van der Waals surface area contributed by atoms with Crippen LogP contribution in [0.25, 0.3) is 22.2 Å². The number of carbonyl (C=O) groups excluding carboxylic acids is 1. The first-order valence-corrected chi connectivity index (χ1v) is 13.3. The van der Waals surface area contributed by atoms with E-state index in [1.165, 1.54) is 12.1 Å². The molecule has 0 spiro atoms. The Morgan fingerprint density at radius 1 is 0.786 bits per heavy atom. The van der Waals surface area contributed by atoms with Crippen LogP contribution in [0.2, 0.25) is 0 Å². The lowest BCUT2D eigenvalue weighted by Gasteiger charge is -2.21. The van der Waals surface area contributed by atoms with Crippen LogP contribution in [-0.2, 0) is 17.8 Å². The second-order valence-electron chi connectivity index (χ2n) is 9.98. The number of aliphatic hydroxyl groups excluding tert-OH is 1. The molecule has 0 saturated heterocycles. The van der Waals surface area contributed by atoms with Gasteiger partial charge in [0.05, 0.1) is 17.6 Å². The van der Waals surface area contributed by atoms with Crippen LogP contribution in [0.15, 0.2) is 97.1 Å². The number of aromatic carboxylic acids is 1. The van der Waals surface area contributed by atoms with E-state index in [0.29, 0.717) is 29.6 Å². The van der Waals surface area contributed by atoms with Gasteiger partial charge in [-0.3, -0.25) is 4.79 Å². The average Bonchev–Trinajstić information content (AvgIpc) is 3.40. The zero-order chi connectivity index (χ0) is 29.6. The molecule has 1 aromatic heterocycles. The van der Waals surface area contributed by atoms with Crippen molar-refractivity contribution in [2.45, 2.75) is 31.5 Å². The molecular weight excluding hydrogens is 536 g/mol. The number of fused-ring (bicyclic) bond motifs is 1. The molecule has 4 N–H and O–H groups in total. The summed E-state index contributed by atoms with van der Waals surface area (Å²) in [5.41, 5.74) is 5.50. The monoisotopic (exact) mass is 564 g/mol. The van der Waals surface area contributed by atoms with Crippen LogP contribution < -0.4 is 5.32 Å². The van der Waals surface area contributed by atoms with Crippen molar-refractivity contribution in [3.63, 3.8) is 0 Å². The maximum Gasteiger partial charge on any atom is 0.335 e. The Bertz CT molecular complexity index is 1720. The molecule has 5 aromatic rings. The first kappa shape index (κ1) is 28.2. The quantitative estimate of drug-likeness (QED) is 0.188. The number of amides is 1. The topological polar surface area (TPSA) is 155 Å². The minimum Gasteiger partial charge on any atom is -0.479 e. The highest BCUT2D eigenvalue weighted by molar-refractivity contribution is 5.97. The predicted octanol–water partition coefficient (Wildman–Crippen LogP) is 4.02. The molecule has 0 aliphatic heterocycles. The van der Waals surface area contributed by atoms with Gasteiger partial charge in [-0.2, -0.15) is 0 Å². The number of hydrogen-bond acceptors (Lipinski definition) is 6. The van der Waals surface area contributed by atoms with Gasteiger partial charge in [0.1, 0.15) is 5.52 Å².